The monoisotopic (exact) mass is 270 g/mol. The highest BCUT2D eigenvalue weighted by Gasteiger charge is 2.07. The van der Waals surface area contributed by atoms with Gasteiger partial charge in [0, 0.05) is 16.7 Å². The minimum absolute atomic E-state index is 0.732. The molecule has 1 heterocycles. The zero-order chi connectivity index (χ0) is 12.4. The lowest BCUT2D eigenvalue weighted by atomic mass is 10.1. The molecule has 0 spiro atoms. The largest absolute Gasteiger partial charge is 0.191 e. The van der Waals surface area contributed by atoms with E-state index in [1.807, 2.05) is 54.6 Å². The van der Waals surface area contributed by atoms with E-state index in [9.17, 15) is 0 Å². The Morgan fingerprint density at radius 1 is 0.944 bits per heavy atom. The summed E-state index contributed by atoms with van der Waals surface area (Å²) in [5, 5.41) is 0.732. The van der Waals surface area contributed by atoms with Crippen molar-refractivity contribution in [2.24, 2.45) is 0 Å². The van der Waals surface area contributed by atoms with Gasteiger partial charge in [-0.25, -0.2) is 0 Å². The molecule has 0 saturated heterocycles. The molecule has 3 heteroatoms. The van der Waals surface area contributed by atoms with E-state index in [0.29, 0.717) is 0 Å². The van der Waals surface area contributed by atoms with Crippen LogP contribution in [0.3, 0.4) is 0 Å². The number of benzene rings is 2. The quantitative estimate of drug-likeness (QED) is 0.643. The third kappa shape index (κ3) is 2.30. The minimum atomic E-state index is 0.732. The van der Waals surface area contributed by atoms with Crippen LogP contribution in [-0.2, 0) is 0 Å². The third-order valence-corrected chi connectivity index (χ3v) is 3.62. The highest BCUT2D eigenvalue weighted by molar-refractivity contribution is 7.09. The molecular weight excluding hydrogens is 262 g/mol. The van der Waals surface area contributed by atoms with E-state index in [0.717, 1.165) is 26.7 Å². The number of rotatable bonds is 2. The average Bonchev–Trinajstić information content (AvgIpc) is 2.89. The summed E-state index contributed by atoms with van der Waals surface area (Å²) < 4.78 is 4.44. The number of halogens is 1. The minimum Gasteiger partial charge on any atom is -0.191 e. The summed E-state index contributed by atoms with van der Waals surface area (Å²) in [5.41, 5.74) is 3.03. The summed E-state index contributed by atoms with van der Waals surface area (Å²) in [7, 11) is 0. The molecular formula is C15H9ClNS. The fraction of sp³-hybridized carbons (Fsp3) is 0. The molecule has 2 aromatic carbocycles. The van der Waals surface area contributed by atoms with Gasteiger partial charge in [-0.15, -0.1) is 0 Å². The molecule has 1 aromatic heterocycles. The van der Waals surface area contributed by atoms with Gasteiger partial charge in [0.05, 0.1) is 10.6 Å². The molecule has 18 heavy (non-hydrogen) atoms. The predicted molar refractivity (Wildman–Crippen MR) is 76.8 cm³/mol. The van der Waals surface area contributed by atoms with E-state index in [2.05, 4.69) is 10.4 Å². The van der Waals surface area contributed by atoms with Crippen LogP contribution >= 0.6 is 23.1 Å². The normalized spacial score (nSPS) is 10.5. The molecule has 0 unspecified atom stereocenters. The molecule has 0 aliphatic carbocycles. The van der Waals surface area contributed by atoms with Crippen molar-refractivity contribution in [2.45, 2.75) is 0 Å². The number of hydrogen-bond acceptors (Lipinski definition) is 2. The zero-order valence-electron chi connectivity index (χ0n) is 9.43. The van der Waals surface area contributed by atoms with Crippen LogP contribution in [0.2, 0.25) is 5.02 Å². The van der Waals surface area contributed by atoms with E-state index in [-0.39, 0.29) is 0 Å². The Kier molecular flexibility index (Phi) is 3.13. The van der Waals surface area contributed by atoms with Gasteiger partial charge in [0.25, 0.3) is 0 Å². The number of hydrogen-bond donors (Lipinski definition) is 0. The second-order valence-corrected chi connectivity index (χ2v) is 5.07. The SMILES string of the molecule is Clc1cccc(-c2[c]c(-c3ccccc3)ns2)c1. The second-order valence-electron chi connectivity index (χ2n) is 3.86. The van der Waals surface area contributed by atoms with Crippen molar-refractivity contribution in [2.75, 3.05) is 0 Å². The van der Waals surface area contributed by atoms with Crippen molar-refractivity contribution in [3.8, 4) is 21.7 Å². The first kappa shape index (κ1) is 11.5. The van der Waals surface area contributed by atoms with Crippen LogP contribution in [0.15, 0.2) is 54.6 Å². The molecule has 0 amide bonds. The Morgan fingerprint density at radius 2 is 1.72 bits per heavy atom. The molecule has 3 aromatic rings. The van der Waals surface area contributed by atoms with E-state index in [4.69, 9.17) is 11.6 Å². The van der Waals surface area contributed by atoms with Crippen LogP contribution in [0.5, 0.6) is 0 Å². The molecule has 87 valence electrons. The zero-order valence-corrected chi connectivity index (χ0v) is 11.0. The maximum Gasteiger partial charge on any atom is 0.0926 e. The van der Waals surface area contributed by atoms with E-state index < -0.39 is 0 Å². The van der Waals surface area contributed by atoms with Crippen molar-refractivity contribution in [1.29, 1.82) is 0 Å². The maximum atomic E-state index is 5.99. The number of aromatic nitrogens is 1. The maximum absolute atomic E-state index is 5.99. The lowest BCUT2D eigenvalue weighted by molar-refractivity contribution is 1.52. The second kappa shape index (κ2) is 4.92. The van der Waals surface area contributed by atoms with Gasteiger partial charge in [-0.2, -0.15) is 4.37 Å². The lowest BCUT2D eigenvalue weighted by Gasteiger charge is -1.96. The van der Waals surface area contributed by atoms with Crippen LogP contribution < -0.4 is 0 Å². The summed E-state index contributed by atoms with van der Waals surface area (Å²) in [6.45, 7) is 0. The molecule has 0 bridgehead atoms. The first-order valence-corrected chi connectivity index (χ1v) is 6.68. The fourth-order valence-corrected chi connectivity index (χ4v) is 2.62. The summed E-state index contributed by atoms with van der Waals surface area (Å²) in [6.07, 6.45) is 0. The summed E-state index contributed by atoms with van der Waals surface area (Å²) in [5.74, 6) is 0. The van der Waals surface area contributed by atoms with E-state index in [1.165, 1.54) is 11.5 Å². The molecule has 0 aliphatic rings. The Balaban J connectivity index is 2.00. The summed E-state index contributed by atoms with van der Waals surface area (Å²) in [6, 6.07) is 21.1. The Hall–Kier alpha value is -1.64. The fourth-order valence-electron chi connectivity index (χ4n) is 1.72. The van der Waals surface area contributed by atoms with Crippen molar-refractivity contribution >= 4 is 23.1 Å². The Morgan fingerprint density at radius 3 is 2.50 bits per heavy atom. The summed E-state index contributed by atoms with van der Waals surface area (Å²) >= 11 is 7.43. The highest BCUT2D eigenvalue weighted by Crippen LogP contribution is 2.30. The summed E-state index contributed by atoms with van der Waals surface area (Å²) in [4.78, 5) is 1.01. The van der Waals surface area contributed by atoms with Crippen molar-refractivity contribution < 1.29 is 0 Å². The molecule has 0 N–H and O–H groups in total. The van der Waals surface area contributed by atoms with E-state index in [1.54, 1.807) is 0 Å². The standard InChI is InChI=1S/C15H9ClNS/c16-13-8-4-7-12(9-13)15-10-14(17-18-15)11-5-2-1-3-6-11/h1-9H. The van der Waals surface area contributed by atoms with Crippen LogP contribution in [0, 0.1) is 6.07 Å². The molecule has 3 rings (SSSR count). The highest BCUT2D eigenvalue weighted by atomic mass is 35.5. The molecule has 1 radical (unpaired) electrons. The predicted octanol–water partition coefficient (Wildman–Crippen LogP) is 4.93. The molecule has 0 fully saturated rings. The van der Waals surface area contributed by atoms with E-state index >= 15 is 0 Å². The third-order valence-electron chi connectivity index (χ3n) is 2.59. The van der Waals surface area contributed by atoms with Gasteiger partial charge in [0.15, 0.2) is 0 Å². The van der Waals surface area contributed by atoms with Crippen molar-refractivity contribution in [1.82, 2.24) is 4.37 Å². The average molecular weight is 271 g/mol. The molecule has 1 nitrogen and oxygen atoms in total. The van der Waals surface area contributed by atoms with Crippen LogP contribution in [0.4, 0.5) is 0 Å². The lowest BCUT2D eigenvalue weighted by Crippen LogP contribution is -1.75. The Bertz CT molecular complexity index is 661. The first-order valence-electron chi connectivity index (χ1n) is 5.53. The van der Waals surface area contributed by atoms with Crippen LogP contribution in [-0.4, -0.2) is 4.37 Å². The smallest absolute Gasteiger partial charge is 0.0926 e. The first-order chi connectivity index (χ1) is 8.83. The molecule has 0 saturated carbocycles. The van der Waals surface area contributed by atoms with Gasteiger partial charge in [-0.1, -0.05) is 54.1 Å². The van der Waals surface area contributed by atoms with Crippen molar-refractivity contribution in [3.63, 3.8) is 0 Å². The number of nitrogens with zero attached hydrogens (tertiary/aromatic N) is 1. The van der Waals surface area contributed by atoms with Gasteiger partial charge in [-0.05, 0) is 29.2 Å². The van der Waals surface area contributed by atoms with Gasteiger partial charge in [-0.3, -0.25) is 0 Å². The molecule has 0 atom stereocenters. The van der Waals surface area contributed by atoms with Gasteiger partial charge >= 0.3 is 0 Å². The van der Waals surface area contributed by atoms with Crippen molar-refractivity contribution in [3.05, 3.63) is 65.7 Å². The van der Waals surface area contributed by atoms with Crippen LogP contribution in [0.1, 0.15) is 0 Å². The molecule has 0 aliphatic heterocycles. The van der Waals surface area contributed by atoms with Gasteiger partial charge in [0.1, 0.15) is 0 Å². The van der Waals surface area contributed by atoms with Crippen LogP contribution in [0.25, 0.3) is 21.7 Å². The van der Waals surface area contributed by atoms with Gasteiger partial charge < -0.3 is 0 Å². The topological polar surface area (TPSA) is 12.9 Å². The van der Waals surface area contributed by atoms with Gasteiger partial charge in [0.2, 0.25) is 0 Å². The Labute approximate surface area is 115 Å².